The van der Waals surface area contributed by atoms with Crippen molar-refractivity contribution in [2.24, 2.45) is 13.0 Å². The summed E-state index contributed by atoms with van der Waals surface area (Å²) in [4.78, 5) is 0. The average Bonchev–Trinajstić information content (AvgIpc) is 2.97. The Morgan fingerprint density at radius 2 is 1.93 bits per heavy atom. The van der Waals surface area contributed by atoms with E-state index in [1.165, 1.54) is 5.56 Å². The molecule has 2 heterocycles. The third-order valence-electron chi connectivity index (χ3n) is 5.07. The van der Waals surface area contributed by atoms with E-state index in [0.29, 0.717) is 11.5 Å². The smallest absolute Gasteiger partial charge is 0.212 e. The Labute approximate surface area is 159 Å². The van der Waals surface area contributed by atoms with Crippen molar-refractivity contribution < 1.29 is 8.98 Å². The van der Waals surface area contributed by atoms with Crippen LogP contribution in [-0.2, 0) is 13.5 Å². The molecule has 4 aromatic rings. The number of hydrogen-bond acceptors (Lipinski definition) is 2. The summed E-state index contributed by atoms with van der Waals surface area (Å²) >= 11 is 0. The maximum absolute atomic E-state index is 9.72. The van der Waals surface area contributed by atoms with Gasteiger partial charge in [0, 0.05) is 22.9 Å². The van der Waals surface area contributed by atoms with E-state index >= 15 is 0 Å². The van der Waals surface area contributed by atoms with E-state index in [4.69, 9.17) is 4.42 Å². The summed E-state index contributed by atoms with van der Waals surface area (Å²) in [6, 6.07) is 16.9. The number of nitrogens with zero attached hydrogens (tertiary/aromatic N) is 2. The molecule has 0 saturated heterocycles. The molecule has 0 aliphatic heterocycles. The highest BCUT2D eigenvalue weighted by atomic mass is 16.3. The lowest BCUT2D eigenvalue weighted by atomic mass is 9.96. The van der Waals surface area contributed by atoms with Crippen LogP contribution in [0.25, 0.3) is 33.2 Å². The zero-order chi connectivity index (χ0) is 19.1. The predicted molar refractivity (Wildman–Crippen MR) is 108 cm³/mol. The van der Waals surface area contributed by atoms with E-state index in [1.54, 1.807) is 0 Å². The van der Waals surface area contributed by atoms with Crippen LogP contribution in [0.3, 0.4) is 0 Å². The summed E-state index contributed by atoms with van der Waals surface area (Å²) < 4.78 is 8.32. The molecule has 0 saturated carbocycles. The lowest BCUT2D eigenvalue weighted by molar-refractivity contribution is -0.660. The molecule has 4 rings (SSSR count). The Kier molecular flexibility index (Phi) is 4.20. The van der Waals surface area contributed by atoms with Crippen LogP contribution in [0, 0.1) is 24.2 Å². The van der Waals surface area contributed by atoms with E-state index in [2.05, 4.69) is 55.7 Å². The molecule has 0 aliphatic rings. The summed E-state index contributed by atoms with van der Waals surface area (Å²) in [7, 11) is 2.05. The van der Waals surface area contributed by atoms with Crippen LogP contribution in [-0.4, -0.2) is 0 Å². The minimum Gasteiger partial charge on any atom is -0.456 e. The standard InChI is InChI=1S/C24H23N2O/c1-15(2)9-17-11-18(14-25)24-20-10-16(3)19(13-22(20)27-23(24)12-17)21-7-5-6-8-26(21)4/h5-8,10-13,15H,9H2,1-4H3/q+1. The van der Waals surface area contributed by atoms with E-state index < -0.39 is 0 Å². The summed E-state index contributed by atoms with van der Waals surface area (Å²) in [5.41, 5.74) is 6.92. The van der Waals surface area contributed by atoms with Gasteiger partial charge >= 0.3 is 0 Å². The van der Waals surface area contributed by atoms with Crippen molar-refractivity contribution in [2.45, 2.75) is 27.2 Å². The van der Waals surface area contributed by atoms with Crippen molar-refractivity contribution in [3.8, 4) is 17.3 Å². The van der Waals surface area contributed by atoms with Gasteiger partial charge in [-0.3, -0.25) is 0 Å². The Morgan fingerprint density at radius 3 is 2.63 bits per heavy atom. The molecule has 3 heteroatoms. The van der Waals surface area contributed by atoms with Crippen LogP contribution in [0.1, 0.15) is 30.5 Å². The van der Waals surface area contributed by atoms with Gasteiger partial charge in [-0.25, -0.2) is 4.57 Å². The number of aromatic nitrogens is 1. The van der Waals surface area contributed by atoms with Gasteiger partial charge in [0.05, 0.1) is 17.2 Å². The minimum atomic E-state index is 0.533. The van der Waals surface area contributed by atoms with Crippen molar-refractivity contribution >= 4 is 21.9 Å². The number of aryl methyl sites for hydroxylation is 2. The Balaban J connectivity index is 1.99. The topological polar surface area (TPSA) is 40.8 Å². The quantitative estimate of drug-likeness (QED) is 0.458. The normalized spacial score (nSPS) is 11.4. The molecule has 0 unspecified atom stereocenters. The molecule has 3 nitrogen and oxygen atoms in total. The van der Waals surface area contributed by atoms with Crippen LogP contribution < -0.4 is 4.57 Å². The Hall–Kier alpha value is -3.12. The molecular formula is C24H23N2O+. The molecule has 0 radical (unpaired) electrons. The number of nitriles is 1. The molecule has 134 valence electrons. The molecule has 0 amide bonds. The van der Waals surface area contributed by atoms with Gasteiger partial charge in [-0.2, -0.15) is 5.26 Å². The van der Waals surface area contributed by atoms with Gasteiger partial charge in [0.15, 0.2) is 6.20 Å². The van der Waals surface area contributed by atoms with Gasteiger partial charge in [0.25, 0.3) is 0 Å². The molecular weight excluding hydrogens is 332 g/mol. The van der Waals surface area contributed by atoms with Gasteiger partial charge in [0.2, 0.25) is 5.69 Å². The summed E-state index contributed by atoms with van der Waals surface area (Å²) in [6.07, 6.45) is 2.98. The summed E-state index contributed by atoms with van der Waals surface area (Å²) in [5.74, 6) is 0.533. The third-order valence-corrected chi connectivity index (χ3v) is 5.07. The minimum absolute atomic E-state index is 0.533. The number of furan rings is 1. The molecule has 0 atom stereocenters. The zero-order valence-electron chi connectivity index (χ0n) is 16.2. The second-order valence-electron chi connectivity index (χ2n) is 7.69. The van der Waals surface area contributed by atoms with Crippen molar-refractivity contribution in [3.63, 3.8) is 0 Å². The molecule has 27 heavy (non-hydrogen) atoms. The largest absolute Gasteiger partial charge is 0.456 e. The van der Waals surface area contributed by atoms with Crippen LogP contribution in [0.2, 0.25) is 0 Å². The molecule has 0 aliphatic carbocycles. The van der Waals surface area contributed by atoms with Crippen LogP contribution in [0.5, 0.6) is 0 Å². The summed E-state index contributed by atoms with van der Waals surface area (Å²) in [6.45, 7) is 6.48. The fraction of sp³-hybridized carbons (Fsp3) is 0.250. The highest BCUT2D eigenvalue weighted by Crippen LogP contribution is 2.36. The third kappa shape index (κ3) is 2.98. The second kappa shape index (κ2) is 6.55. The highest BCUT2D eigenvalue weighted by Gasteiger charge is 2.18. The molecule has 0 fully saturated rings. The molecule has 2 aromatic heterocycles. The first kappa shape index (κ1) is 17.3. The first-order chi connectivity index (χ1) is 13.0. The van der Waals surface area contributed by atoms with E-state index in [0.717, 1.165) is 45.2 Å². The summed E-state index contributed by atoms with van der Waals surface area (Å²) in [5, 5.41) is 11.7. The Bertz CT molecular complexity index is 1210. The van der Waals surface area contributed by atoms with Crippen molar-refractivity contribution in [1.29, 1.82) is 5.26 Å². The highest BCUT2D eigenvalue weighted by molar-refractivity contribution is 6.09. The van der Waals surface area contributed by atoms with E-state index in [9.17, 15) is 5.26 Å². The van der Waals surface area contributed by atoms with Crippen LogP contribution in [0.4, 0.5) is 0 Å². The fourth-order valence-electron chi connectivity index (χ4n) is 3.87. The van der Waals surface area contributed by atoms with Gasteiger partial charge in [-0.1, -0.05) is 13.8 Å². The zero-order valence-corrected chi connectivity index (χ0v) is 16.2. The number of hydrogen-bond donors (Lipinski definition) is 0. The van der Waals surface area contributed by atoms with Gasteiger partial charge in [0.1, 0.15) is 18.2 Å². The second-order valence-corrected chi connectivity index (χ2v) is 7.69. The number of rotatable bonds is 3. The predicted octanol–water partition coefficient (Wildman–Crippen LogP) is 5.46. The first-order valence-corrected chi connectivity index (χ1v) is 9.33. The van der Waals surface area contributed by atoms with Crippen LogP contribution >= 0.6 is 0 Å². The molecule has 0 spiro atoms. The van der Waals surface area contributed by atoms with Crippen LogP contribution in [0.15, 0.2) is 53.1 Å². The lowest BCUT2D eigenvalue weighted by Crippen LogP contribution is -2.30. The van der Waals surface area contributed by atoms with Gasteiger partial charge in [-0.05, 0) is 60.7 Å². The molecule has 2 aromatic carbocycles. The Morgan fingerprint density at radius 1 is 1.11 bits per heavy atom. The van der Waals surface area contributed by atoms with E-state index in [-0.39, 0.29) is 0 Å². The molecule has 0 bridgehead atoms. The number of pyridine rings is 1. The maximum atomic E-state index is 9.72. The van der Waals surface area contributed by atoms with Gasteiger partial charge in [-0.15, -0.1) is 0 Å². The molecule has 0 N–H and O–H groups in total. The van der Waals surface area contributed by atoms with Gasteiger partial charge < -0.3 is 4.42 Å². The fourth-order valence-corrected chi connectivity index (χ4v) is 3.87. The average molecular weight is 355 g/mol. The first-order valence-electron chi connectivity index (χ1n) is 9.33. The SMILES string of the molecule is Cc1cc2c(cc1-c1cccc[n+]1C)oc1cc(CC(C)C)cc(C#N)c12. The maximum Gasteiger partial charge on any atom is 0.212 e. The lowest BCUT2D eigenvalue weighted by Gasteiger charge is -2.06. The van der Waals surface area contributed by atoms with Crippen molar-refractivity contribution in [3.05, 3.63) is 65.4 Å². The van der Waals surface area contributed by atoms with E-state index in [1.807, 2.05) is 31.4 Å². The number of fused-ring (bicyclic) bond motifs is 3. The van der Waals surface area contributed by atoms with Crippen molar-refractivity contribution in [2.75, 3.05) is 0 Å². The van der Waals surface area contributed by atoms with Crippen molar-refractivity contribution in [1.82, 2.24) is 0 Å². The number of benzene rings is 2. The monoisotopic (exact) mass is 355 g/mol.